The van der Waals surface area contributed by atoms with E-state index in [0.717, 1.165) is 37.4 Å². The highest BCUT2D eigenvalue weighted by atomic mass is 16.5. The van der Waals surface area contributed by atoms with Gasteiger partial charge < -0.3 is 19.3 Å². The quantitative estimate of drug-likeness (QED) is 0.790. The minimum absolute atomic E-state index is 0.253. The minimum atomic E-state index is 0.253. The first kappa shape index (κ1) is 17.1. The Kier molecular flexibility index (Phi) is 5.11. The van der Waals surface area contributed by atoms with Crippen LogP contribution in [-0.4, -0.2) is 65.3 Å². The Labute approximate surface area is 147 Å². The molecule has 2 aromatic heterocycles. The average molecular weight is 345 g/mol. The number of nitrogens with zero attached hydrogens (tertiary/aromatic N) is 7. The summed E-state index contributed by atoms with van der Waals surface area (Å²) in [5, 5.41) is 0. The first-order valence-corrected chi connectivity index (χ1v) is 8.21. The molecule has 1 aliphatic rings. The number of likely N-dealkylation sites (N-methyl/N-ethyl adjacent to an activating group) is 1. The topological polar surface area (TPSA) is 89.4 Å². The summed E-state index contributed by atoms with van der Waals surface area (Å²) in [4.78, 5) is 25.6. The van der Waals surface area contributed by atoms with Crippen molar-refractivity contribution in [2.75, 3.05) is 44.2 Å². The maximum absolute atomic E-state index is 5.15. The van der Waals surface area contributed by atoms with Crippen LogP contribution >= 0.6 is 0 Å². The summed E-state index contributed by atoms with van der Waals surface area (Å²) >= 11 is 0. The lowest BCUT2D eigenvalue weighted by atomic mass is 10.0. The fourth-order valence-corrected chi connectivity index (χ4v) is 2.92. The zero-order valence-electron chi connectivity index (χ0n) is 15.0. The molecule has 9 heteroatoms. The van der Waals surface area contributed by atoms with Gasteiger partial charge in [0.25, 0.3) is 0 Å². The van der Waals surface area contributed by atoms with Crippen LogP contribution in [0, 0.1) is 6.92 Å². The molecule has 134 valence electrons. The molecule has 1 aliphatic heterocycles. The predicted molar refractivity (Wildman–Crippen MR) is 93.3 cm³/mol. The summed E-state index contributed by atoms with van der Waals surface area (Å²) in [5.41, 5.74) is 0.955. The standard InChI is InChI=1S/C16H23N7O2/c1-11-8-13(18-10-17-11)22(2)12-6-5-7-23(9-12)14-19-15(24-3)21-16(20-14)25-4/h8,10,12H,5-7,9H2,1-4H3. The van der Waals surface area contributed by atoms with Gasteiger partial charge >= 0.3 is 12.0 Å². The van der Waals surface area contributed by atoms with Crippen molar-refractivity contribution in [2.24, 2.45) is 0 Å². The van der Waals surface area contributed by atoms with Crippen molar-refractivity contribution >= 4 is 11.8 Å². The van der Waals surface area contributed by atoms with Crippen LogP contribution in [0.1, 0.15) is 18.5 Å². The number of piperidine rings is 1. The van der Waals surface area contributed by atoms with E-state index in [4.69, 9.17) is 9.47 Å². The molecular formula is C16H23N7O2. The van der Waals surface area contributed by atoms with Gasteiger partial charge in [-0.3, -0.25) is 0 Å². The Morgan fingerprint density at radius 3 is 2.48 bits per heavy atom. The number of methoxy groups -OCH3 is 2. The molecule has 0 spiro atoms. The maximum atomic E-state index is 5.15. The smallest absolute Gasteiger partial charge is 0.324 e. The Hall–Kier alpha value is -2.71. The number of rotatable bonds is 5. The third-order valence-electron chi connectivity index (χ3n) is 4.33. The molecule has 0 saturated carbocycles. The third kappa shape index (κ3) is 3.86. The van der Waals surface area contributed by atoms with Crippen molar-refractivity contribution < 1.29 is 9.47 Å². The van der Waals surface area contributed by atoms with Crippen molar-refractivity contribution in [2.45, 2.75) is 25.8 Å². The highest BCUT2D eigenvalue weighted by Crippen LogP contribution is 2.24. The van der Waals surface area contributed by atoms with Gasteiger partial charge in [0.1, 0.15) is 12.1 Å². The molecule has 0 radical (unpaired) electrons. The van der Waals surface area contributed by atoms with Gasteiger partial charge in [0.05, 0.1) is 14.2 Å². The van der Waals surface area contributed by atoms with Crippen LogP contribution in [0.25, 0.3) is 0 Å². The molecule has 3 rings (SSSR count). The number of anilines is 2. The highest BCUT2D eigenvalue weighted by Gasteiger charge is 2.26. The molecule has 1 saturated heterocycles. The first-order valence-electron chi connectivity index (χ1n) is 8.21. The Morgan fingerprint density at radius 2 is 1.84 bits per heavy atom. The molecule has 0 amide bonds. The van der Waals surface area contributed by atoms with E-state index in [0.29, 0.717) is 12.0 Å². The van der Waals surface area contributed by atoms with Gasteiger partial charge in [-0.1, -0.05) is 0 Å². The van der Waals surface area contributed by atoms with Crippen molar-refractivity contribution in [1.29, 1.82) is 0 Å². The van der Waals surface area contributed by atoms with Gasteiger partial charge in [-0.15, -0.1) is 4.98 Å². The molecule has 0 aliphatic carbocycles. The second-order valence-corrected chi connectivity index (χ2v) is 5.98. The van der Waals surface area contributed by atoms with Crippen LogP contribution in [0.15, 0.2) is 12.4 Å². The van der Waals surface area contributed by atoms with Crippen LogP contribution in [0.5, 0.6) is 12.0 Å². The predicted octanol–water partition coefficient (Wildman–Crippen LogP) is 1.09. The molecular weight excluding hydrogens is 322 g/mol. The van der Waals surface area contributed by atoms with E-state index < -0.39 is 0 Å². The Bertz CT molecular complexity index is 705. The number of aromatic nitrogens is 5. The second-order valence-electron chi connectivity index (χ2n) is 5.98. The van der Waals surface area contributed by atoms with E-state index in [1.807, 2.05) is 13.0 Å². The zero-order valence-corrected chi connectivity index (χ0v) is 15.0. The van der Waals surface area contributed by atoms with Crippen molar-refractivity contribution in [3.05, 3.63) is 18.1 Å². The van der Waals surface area contributed by atoms with E-state index in [9.17, 15) is 0 Å². The lowest BCUT2D eigenvalue weighted by Gasteiger charge is -2.38. The van der Waals surface area contributed by atoms with Crippen molar-refractivity contribution in [3.8, 4) is 12.0 Å². The van der Waals surface area contributed by atoms with Crippen LogP contribution in [0.4, 0.5) is 11.8 Å². The third-order valence-corrected chi connectivity index (χ3v) is 4.33. The number of aryl methyl sites for hydroxylation is 1. The maximum Gasteiger partial charge on any atom is 0.324 e. The van der Waals surface area contributed by atoms with E-state index >= 15 is 0 Å². The molecule has 1 atom stereocenters. The van der Waals surface area contributed by atoms with Gasteiger partial charge in [-0.25, -0.2) is 9.97 Å². The minimum Gasteiger partial charge on any atom is -0.467 e. The number of hydrogen-bond acceptors (Lipinski definition) is 9. The molecule has 1 fully saturated rings. The van der Waals surface area contributed by atoms with Crippen molar-refractivity contribution in [1.82, 2.24) is 24.9 Å². The fourth-order valence-electron chi connectivity index (χ4n) is 2.92. The summed E-state index contributed by atoms with van der Waals surface area (Å²) in [5.74, 6) is 1.49. The molecule has 1 unspecified atom stereocenters. The lowest BCUT2D eigenvalue weighted by molar-refractivity contribution is 0.338. The summed E-state index contributed by atoms with van der Waals surface area (Å²) in [6.45, 7) is 3.63. The number of hydrogen-bond donors (Lipinski definition) is 0. The normalized spacial score (nSPS) is 17.3. The SMILES string of the molecule is COc1nc(OC)nc(N2CCCC(N(C)c3cc(C)ncn3)C2)n1. The van der Waals surface area contributed by atoms with E-state index in [1.165, 1.54) is 14.2 Å². The van der Waals surface area contributed by atoms with Crippen LogP contribution in [-0.2, 0) is 0 Å². The fraction of sp³-hybridized carbons (Fsp3) is 0.562. The first-order chi connectivity index (χ1) is 12.1. The van der Waals surface area contributed by atoms with Crippen LogP contribution in [0.2, 0.25) is 0 Å². The highest BCUT2D eigenvalue weighted by molar-refractivity contribution is 5.41. The van der Waals surface area contributed by atoms with Gasteiger partial charge in [-0.2, -0.15) is 9.97 Å². The van der Waals surface area contributed by atoms with Crippen LogP contribution in [0.3, 0.4) is 0 Å². The summed E-state index contributed by atoms with van der Waals surface area (Å²) in [6, 6.07) is 2.80. The zero-order chi connectivity index (χ0) is 17.8. The average Bonchev–Trinajstić information content (AvgIpc) is 2.67. The molecule has 9 nitrogen and oxygen atoms in total. The molecule has 25 heavy (non-hydrogen) atoms. The number of ether oxygens (including phenoxy) is 2. The molecule has 3 heterocycles. The lowest BCUT2D eigenvalue weighted by Crippen LogP contribution is -2.47. The summed E-state index contributed by atoms with van der Waals surface area (Å²) < 4.78 is 10.3. The van der Waals surface area contributed by atoms with E-state index in [-0.39, 0.29) is 12.0 Å². The summed E-state index contributed by atoms with van der Waals surface area (Å²) in [6.07, 6.45) is 3.72. The Balaban J connectivity index is 1.79. The summed E-state index contributed by atoms with van der Waals surface area (Å²) in [7, 11) is 5.12. The van der Waals surface area contributed by atoms with E-state index in [2.05, 4.69) is 41.8 Å². The van der Waals surface area contributed by atoms with Gasteiger partial charge in [-0.05, 0) is 19.8 Å². The molecule has 0 bridgehead atoms. The van der Waals surface area contributed by atoms with Crippen molar-refractivity contribution in [3.63, 3.8) is 0 Å². The van der Waals surface area contributed by atoms with Gasteiger partial charge in [0.2, 0.25) is 5.95 Å². The molecule has 0 N–H and O–H groups in total. The second kappa shape index (κ2) is 7.45. The van der Waals surface area contributed by atoms with Crippen LogP contribution < -0.4 is 19.3 Å². The Morgan fingerprint density at radius 1 is 1.12 bits per heavy atom. The van der Waals surface area contributed by atoms with Gasteiger partial charge in [0, 0.05) is 37.9 Å². The molecule has 2 aromatic rings. The monoisotopic (exact) mass is 345 g/mol. The largest absolute Gasteiger partial charge is 0.467 e. The van der Waals surface area contributed by atoms with Gasteiger partial charge in [0.15, 0.2) is 0 Å². The van der Waals surface area contributed by atoms with E-state index in [1.54, 1.807) is 6.33 Å². The molecule has 0 aromatic carbocycles.